The van der Waals surface area contributed by atoms with E-state index in [4.69, 9.17) is 12.2 Å². The van der Waals surface area contributed by atoms with E-state index >= 15 is 0 Å². The molecule has 0 radical (unpaired) electrons. The number of rotatable bonds is 5. The summed E-state index contributed by atoms with van der Waals surface area (Å²) in [6.07, 6.45) is 0.0632. The van der Waals surface area contributed by atoms with E-state index in [1.807, 2.05) is 57.2 Å². The van der Waals surface area contributed by atoms with Gasteiger partial charge in [0.1, 0.15) is 0 Å². The maximum absolute atomic E-state index is 12.5. The van der Waals surface area contributed by atoms with Gasteiger partial charge >= 0.3 is 0 Å². The third kappa shape index (κ3) is 7.36. The van der Waals surface area contributed by atoms with E-state index in [9.17, 15) is 9.59 Å². The minimum absolute atomic E-state index is 0.0632. The summed E-state index contributed by atoms with van der Waals surface area (Å²) in [5.74, 6) is -0.527. The molecule has 0 spiro atoms. The second-order valence-electron chi connectivity index (χ2n) is 7.38. The third-order valence-corrected chi connectivity index (χ3v) is 3.94. The lowest BCUT2D eigenvalue weighted by atomic mass is 10.0. The lowest BCUT2D eigenvalue weighted by molar-refractivity contribution is -0.122. The molecule has 148 valence electrons. The predicted octanol–water partition coefficient (Wildman–Crippen LogP) is 2.84. The molecule has 0 aromatic heterocycles. The number of amides is 2. The first-order chi connectivity index (χ1) is 13.2. The Balaban J connectivity index is 2.01. The molecule has 2 aromatic carbocycles. The largest absolute Gasteiger partial charge is 0.357 e. The van der Waals surface area contributed by atoms with Crippen LogP contribution in [0.2, 0.25) is 0 Å². The van der Waals surface area contributed by atoms with Crippen molar-refractivity contribution in [1.82, 2.24) is 21.5 Å². The molecule has 0 fully saturated rings. The van der Waals surface area contributed by atoms with Crippen LogP contribution in [0.4, 0.5) is 0 Å². The molecule has 7 heteroatoms. The molecule has 0 unspecified atom stereocenters. The molecule has 2 aromatic rings. The number of benzene rings is 2. The van der Waals surface area contributed by atoms with Crippen LogP contribution in [-0.4, -0.2) is 22.5 Å². The van der Waals surface area contributed by atoms with Gasteiger partial charge in [-0.1, -0.05) is 48.5 Å². The molecule has 0 saturated carbocycles. The Hall–Kier alpha value is -2.93. The topological polar surface area (TPSA) is 82.3 Å². The Bertz CT molecular complexity index is 804. The second kappa shape index (κ2) is 9.85. The van der Waals surface area contributed by atoms with Crippen LogP contribution >= 0.6 is 12.2 Å². The lowest BCUT2D eigenvalue weighted by Crippen LogP contribution is -2.52. The van der Waals surface area contributed by atoms with Gasteiger partial charge in [-0.25, -0.2) is 0 Å². The highest BCUT2D eigenvalue weighted by molar-refractivity contribution is 7.80. The van der Waals surface area contributed by atoms with Gasteiger partial charge < -0.3 is 10.6 Å². The van der Waals surface area contributed by atoms with Crippen molar-refractivity contribution < 1.29 is 9.59 Å². The van der Waals surface area contributed by atoms with Gasteiger partial charge in [-0.3, -0.25) is 20.4 Å². The van der Waals surface area contributed by atoms with E-state index in [0.717, 1.165) is 5.56 Å². The van der Waals surface area contributed by atoms with Crippen LogP contribution in [0.25, 0.3) is 0 Å². The number of thiocarbonyl (C=S) groups is 1. The van der Waals surface area contributed by atoms with Crippen LogP contribution in [-0.2, 0) is 4.79 Å². The normalized spacial score (nSPS) is 11.8. The lowest BCUT2D eigenvalue weighted by Gasteiger charge is -2.24. The van der Waals surface area contributed by atoms with Gasteiger partial charge in [-0.2, -0.15) is 0 Å². The van der Waals surface area contributed by atoms with Gasteiger partial charge in [0, 0.05) is 11.1 Å². The Kier molecular flexibility index (Phi) is 7.52. The Morgan fingerprint density at radius 3 is 2.07 bits per heavy atom. The number of hydrogen-bond donors (Lipinski definition) is 4. The average Bonchev–Trinajstić information content (AvgIpc) is 2.66. The van der Waals surface area contributed by atoms with E-state index in [-0.39, 0.29) is 23.8 Å². The molecule has 0 aliphatic rings. The molecule has 1 atom stereocenters. The van der Waals surface area contributed by atoms with Crippen LogP contribution < -0.4 is 21.5 Å². The number of carbonyl (C=O) groups excluding carboxylic acids is 2. The quantitative estimate of drug-likeness (QED) is 0.460. The van der Waals surface area contributed by atoms with Gasteiger partial charge in [-0.05, 0) is 50.7 Å². The SMILES string of the molecule is CC(C)(C)NC(=S)NNC(=O)C[C@@H](NC(=O)c1ccccc1)c1ccccc1. The second-order valence-corrected chi connectivity index (χ2v) is 7.79. The number of hydrazine groups is 1. The van der Waals surface area contributed by atoms with Crippen molar-refractivity contribution in [1.29, 1.82) is 0 Å². The van der Waals surface area contributed by atoms with Crippen LogP contribution in [0.15, 0.2) is 60.7 Å². The van der Waals surface area contributed by atoms with Crippen molar-refractivity contribution in [3.05, 3.63) is 71.8 Å². The van der Waals surface area contributed by atoms with Crippen molar-refractivity contribution in [3.8, 4) is 0 Å². The van der Waals surface area contributed by atoms with E-state index in [1.165, 1.54) is 0 Å². The third-order valence-electron chi connectivity index (χ3n) is 3.74. The first-order valence-electron chi connectivity index (χ1n) is 9.02. The van der Waals surface area contributed by atoms with Crippen molar-refractivity contribution in [2.24, 2.45) is 0 Å². The highest BCUT2D eigenvalue weighted by atomic mass is 32.1. The maximum Gasteiger partial charge on any atom is 0.251 e. The number of nitrogens with one attached hydrogen (secondary N) is 4. The molecule has 6 nitrogen and oxygen atoms in total. The summed E-state index contributed by atoms with van der Waals surface area (Å²) in [5.41, 5.74) is 6.43. The molecule has 0 bridgehead atoms. The summed E-state index contributed by atoms with van der Waals surface area (Å²) in [5, 5.41) is 6.30. The molecular weight excluding hydrogens is 372 g/mol. The summed E-state index contributed by atoms with van der Waals surface area (Å²) >= 11 is 5.15. The molecule has 28 heavy (non-hydrogen) atoms. The molecule has 0 aliphatic heterocycles. The predicted molar refractivity (Wildman–Crippen MR) is 114 cm³/mol. The number of carbonyl (C=O) groups is 2. The molecule has 4 N–H and O–H groups in total. The summed E-state index contributed by atoms with van der Waals surface area (Å²) in [7, 11) is 0. The summed E-state index contributed by atoms with van der Waals surface area (Å²) in [6.45, 7) is 5.90. The van der Waals surface area contributed by atoms with Gasteiger partial charge in [0.05, 0.1) is 12.5 Å². The van der Waals surface area contributed by atoms with Crippen LogP contribution in [0.5, 0.6) is 0 Å². The van der Waals surface area contributed by atoms with Crippen molar-refractivity contribution in [2.75, 3.05) is 0 Å². The highest BCUT2D eigenvalue weighted by Crippen LogP contribution is 2.17. The Labute approximate surface area is 171 Å². The van der Waals surface area contributed by atoms with Crippen molar-refractivity contribution in [2.45, 2.75) is 38.8 Å². The highest BCUT2D eigenvalue weighted by Gasteiger charge is 2.19. The minimum Gasteiger partial charge on any atom is -0.357 e. The molecule has 2 amide bonds. The van der Waals surface area contributed by atoms with Gasteiger partial charge in [0.15, 0.2) is 5.11 Å². The fourth-order valence-electron chi connectivity index (χ4n) is 2.50. The Morgan fingerprint density at radius 2 is 1.50 bits per heavy atom. The van der Waals surface area contributed by atoms with Gasteiger partial charge in [0.2, 0.25) is 5.91 Å². The fraction of sp³-hybridized carbons (Fsp3) is 0.286. The monoisotopic (exact) mass is 398 g/mol. The average molecular weight is 399 g/mol. The summed E-state index contributed by atoms with van der Waals surface area (Å²) < 4.78 is 0. The molecule has 0 aliphatic carbocycles. The van der Waals surface area contributed by atoms with E-state index in [0.29, 0.717) is 10.7 Å². The van der Waals surface area contributed by atoms with E-state index < -0.39 is 6.04 Å². The van der Waals surface area contributed by atoms with Crippen molar-refractivity contribution >= 4 is 29.1 Å². The molecule has 0 heterocycles. The molecular formula is C21H26N4O2S. The van der Waals surface area contributed by atoms with Gasteiger partial charge in [-0.15, -0.1) is 0 Å². The van der Waals surface area contributed by atoms with Gasteiger partial charge in [0.25, 0.3) is 5.91 Å². The summed E-state index contributed by atoms with van der Waals surface area (Å²) in [4.78, 5) is 24.9. The fourth-order valence-corrected chi connectivity index (χ4v) is 2.86. The number of hydrogen-bond acceptors (Lipinski definition) is 3. The molecule has 0 saturated heterocycles. The zero-order valence-corrected chi connectivity index (χ0v) is 17.1. The smallest absolute Gasteiger partial charge is 0.251 e. The molecule has 2 rings (SSSR count). The van der Waals surface area contributed by atoms with Crippen LogP contribution in [0.1, 0.15) is 49.2 Å². The first kappa shape index (κ1) is 21.4. The van der Waals surface area contributed by atoms with E-state index in [2.05, 4.69) is 21.5 Å². The van der Waals surface area contributed by atoms with Crippen molar-refractivity contribution in [3.63, 3.8) is 0 Å². The maximum atomic E-state index is 12.5. The zero-order chi connectivity index (χ0) is 20.6. The van der Waals surface area contributed by atoms with Crippen LogP contribution in [0, 0.1) is 0 Å². The summed E-state index contributed by atoms with van der Waals surface area (Å²) in [6, 6.07) is 17.8. The minimum atomic E-state index is -0.472. The van der Waals surface area contributed by atoms with E-state index in [1.54, 1.807) is 24.3 Å². The van der Waals surface area contributed by atoms with Crippen LogP contribution in [0.3, 0.4) is 0 Å². The Morgan fingerprint density at radius 1 is 0.929 bits per heavy atom. The zero-order valence-electron chi connectivity index (χ0n) is 16.3. The first-order valence-corrected chi connectivity index (χ1v) is 9.43. The standard InChI is InChI=1S/C21H26N4O2S/c1-21(2,3)23-20(28)25-24-18(26)14-17(15-10-6-4-7-11-15)22-19(27)16-12-8-5-9-13-16/h4-13,17H,14H2,1-3H3,(H,22,27)(H,24,26)(H2,23,25,28)/t17-/m1/s1.